The summed E-state index contributed by atoms with van der Waals surface area (Å²) < 4.78 is 25.5. The van der Waals surface area contributed by atoms with Crippen molar-refractivity contribution in [1.82, 2.24) is 0 Å². The molecule has 0 heterocycles. The molecular formula is C17H19ClN2O3S. The number of sulfonamides is 1. The molecule has 1 amide bonds. The van der Waals surface area contributed by atoms with Crippen molar-refractivity contribution in [2.24, 2.45) is 0 Å². The molecule has 2 aromatic carbocycles. The van der Waals surface area contributed by atoms with E-state index in [1.165, 1.54) is 0 Å². The van der Waals surface area contributed by atoms with Crippen molar-refractivity contribution in [3.8, 4) is 0 Å². The monoisotopic (exact) mass is 366 g/mol. The Morgan fingerprint density at radius 1 is 1.17 bits per heavy atom. The summed E-state index contributed by atoms with van der Waals surface area (Å²) in [6, 6.07) is 12.7. The lowest BCUT2D eigenvalue weighted by atomic mass is 10.2. The van der Waals surface area contributed by atoms with E-state index >= 15 is 0 Å². The van der Waals surface area contributed by atoms with Gasteiger partial charge in [-0.2, -0.15) is 0 Å². The molecule has 0 bridgehead atoms. The van der Waals surface area contributed by atoms with Crippen molar-refractivity contribution >= 4 is 38.9 Å². The fourth-order valence-electron chi connectivity index (χ4n) is 2.35. The highest BCUT2D eigenvalue weighted by molar-refractivity contribution is 7.92. The van der Waals surface area contributed by atoms with E-state index in [-0.39, 0.29) is 0 Å². The number of amides is 1. The minimum absolute atomic E-state index is 0.436. The van der Waals surface area contributed by atoms with Crippen molar-refractivity contribution in [2.75, 3.05) is 15.9 Å². The molecule has 1 N–H and O–H groups in total. The van der Waals surface area contributed by atoms with Crippen LogP contribution in [0.2, 0.25) is 5.02 Å². The van der Waals surface area contributed by atoms with E-state index in [0.29, 0.717) is 16.4 Å². The number of benzene rings is 2. The van der Waals surface area contributed by atoms with Gasteiger partial charge in [0, 0.05) is 10.7 Å². The quantitative estimate of drug-likeness (QED) is 0.881. The number of carbonyl (C=O) groups excluding carboxylic acids is 1. The number of rotatable bonds is 5. The maximum absolute atomic E-state index is 12.6. The van der Waals surface area contributed by atoms with Crippen LogP contribution in [-0.2, 0) is 14.8 Å². The van der Waals surface area contributed by atoms with Gasteiger partial charge in [0.2, 0.25) is 15.9 Å². The Kier molecular flexibility index (Phi) is 5.51. The molecule has 2 rings (SSSR count). The van der Waals surface area contributed by atoms with Crippen LogP contribution >= 0.6 is 11.6 Å². The highest BCUT2D eigenvalue weighted by Gasteiger charge is 2.29. The molecule has 0 saturated heterocycles. The first-order valence-electron chi connectivity index (χ1n) is 7.31. The first-order chi connectivity index (χ1) is 11.2. The summed E-state index contributed by atoms with van der Waals surface area (Å²) >= 11 is 5.95. The number of aryl methyl sites for hydroxylation is 1. The molecule has 0 aromatic heterocycles. The lowest BCUT2D eigenvalue weighted by Crippen LogP contribution is -2.45. The third-order valence-electron chi connectivity index (χ3n) is 3.56. The Morgan fingerprint density at radius 3 is 2.38 bits per heavy atom. The molecule has 0 saturated carbocycles. The van der Waals surface area contributed by atoms with Gasteiger partial charge in [0.25, 0.3) is 0 Å². The number of nitrogens with one attached hydrogen (secondary N) is 1. The van der Waals surface area contributed by atoms with Crippen LogP contribution in [0.5, 0.6) is 0 Å². The Bertz CT molecular complexity index is 838. The smallest absolute Gasteiger partial charge is 0.248 e. The Hall–Kier alpha value is -2.05. The van der Waals surface area contributed by atoms with Gasteiger partial charge in [0.15, 0.2) is 0 Å². The van der Waals surface area contributed by atoms with Gasteiger partial charge in [0.05, 0.1) is 11.9 Å². The number of halogens is 1. The van der Waals surface area contributed by atoms with Crippen LogP contribution in [0.3, 0.4) is 0 Å². The second-order valence-electron chi connectivity index (χ2n) is 5.52. The summed E-state index contributed by atoms with van der Waals surface area (Å²) in [4.78, 5) is 12.6. The summed E-state index contributed by atoms with van der Waals surface area (Å²) in [5.74, 6) is -0.436. The zero-order valence-electron chi connectivity index (χ0n) is 13.7. The molecule has 0 fully saturated rings. The first kappa shape index (κ1) is 18.3. The van der Waals surface area contributed by atoms with Crippen LogP contribution in [0.1, 0.15) is 12.5 Å². The number of hydrogen-bond acceptors (Lipinski definition) is 3. The SMILES string of the molecule is Cc1ccc(Cl)cc1NC(=O)[C@@H](C)N(c1ccccc1)S(C)(=O)=O. The van der Waals surface area contributed by atoms with Crippen molar-refractivity contribution in [3.05, 3.63) is 59.1 Å². The van der Waals surface area contributed by atoms with E-state index in [1.807, 2.05) is 6.92 Å². The maximum Gasteiger partial charge on any atom is 0.248 e. The van der Waals surface area contributed by atoms with E-state index in [0.717, 1.165) is 16.1 Å². The lowest BCUT2D eigenvalue weighted by Gasteiger charge is -2.28. The second kappa shape index (κ2) is 7.23. The molecule has 0 radical (unpaired) electrons. The molecular weight excluding hydrogens is 348 g/mol. The van der Waals surface area contributed by atoms with Gasteiger partial charge in [-0.25, -0.2) is 8.42 Å². The molecule has 0 aliphatic rings. The Labute approximate surface area is 147 Å². The van der Waals surface area contributed by atoms with Crippen LogP contribution < -0.4 is 9.62 Å². The van der Waals surface area contributed by atoms with Crippen LogP contribution in [0.25, 0.3) is 0 Å². The van der Waals surface area contributed by atoms with Crippen LogP contribution in [0.4, 0.5) is 11.4 Å². The average Bonchev–Trinajstić information content (AvgIpc) is 2.50. The van der Waals surface area contributed by atoms with Crippen molar-refractivity contribution in [3.63, 3.8) is 0 Å². The summed E-state index contributed by atoms with van der Waals surface area (Å²) in [6.45, 7) is 3.38. The number of nitrogens with zero attached hydrogens (tertiary/aromatic N) is 1. The standard InChI is InChI=1S/C17H19ClN2O3S/c1-12-9-10-14(18)11-16(12)19-17(21)13(2)20(24(3,22)23)15-7-5-4-6-8-15/h4-11,13H,1-3H3,(H,19,21)/t13-/m1/s1. The van der Waals surface area contributed by atoms with Gasteiger partial charge in [-0.1, -0.05) is 35.9 Å². The minimum Gasteiger partial charge on any atom is -0.324 e. The zero-order valence-corrected chi connectivity index (χ0v) is 15.2. The minimum atomic E-state index is -3.63. The fraction of sp³-hybridized carbons (Fsp3) is 0.235. The summed E-state index contributed by atoms with van der Waals surface area (Å²) in [6.07, 6.45) is 1.08. The number of carbonyl (C=O) groups is 1. The maximum atomic E-state index is 12.6. The van der Waals surface area contributed by atoms with Gasteiger partial charge >= 0.3 is 0 Å². The van der Waals surface area contributed by atoms with Crippen molar-refractivity contribution < 1.29 is 13.2 Å². The van der Waals surface area contributed by atoms with Crippen molar-refractivity contribution in [2.45, 2.75) is 19.9 Å². The highest BCUT2D eigenvalue weighted by atomic mass is 35.5. The van der Waals surface area contributed by atoms with Gasteiger partial charge in [-0.05, 0) is 43.7 Å². The lowest BCUT2D eigenvalue weighted by molar-refractivity contribution is -0.116. The molecule has 24 heavy (non-hydrogen) atoms. The third-order valence-corrected chi connectivity index (χ3v) is 5.03. The predicted octanol–water partition coefficient (Wildman–Crippen LogP) is 3.44. The Morgan fingerprint density at radius 2 is 1.79 bits per heavy atom. The highest BCUT2D eigenvalue weighted by Crippen LogP contribution is 2.23. The number of para-hydroxylation sites is 1. The third kappa shape index (κ3) is 4.27. The van der Waals surface area contributed by atoms with E-state index in [2.05, 4.69) is 5.32 Å². The molecule has 0 spiro atoms. The summed E-state index contributed by atoms with van der Waals surface area (Å²) in [5.41, 5.74) is 1.83. The van der Waals surface area contributed by atoms with Gasteiger partial charge < -0.3 is 5.32 Å². The van der Waals surface area contributed by atoms with E-state index in [4.69, 9.17) is 11.6 Å². The fourth-order valence-corrected chi connectivity index (χ4v) is 3.70. The van der Waals surface area contributed by atoms with Crippen molar-refractivity contribution in [1.29, 1.82) is 0 Å². The largest absolute Gasteiger partial charge is 0.324 e. The van der Waals surface area contributed by atoms with Gasteiger partial charge in [-0.15, -0.1) is 0 Å². The van der Waals surface area contributed by atoms with Crippen LogP contribution in [-0.4, -0.2) is 26.6 Å². The van der Waals surface area contributed by atoms with Crippen LogP contribution in [0.15, 0.2) is 48.5 Å². The average molecular weight is 367 g/mol. The second-order valence-corrected chi connectivity index (χ2v) is 7.81. The van der Waals surface area contributed by atoms with E-state index in [9.17, 15) is 13.2 Å². The van der Waals surface area contributed by atoms with Gasteiger partial charge in [-0.3, -0.25) is 9.10 Å². The summed E-state index contributed by atoms with van der Waals surface area (Å²) in [7, 11) is -3.63. The summed E-state index contributed by atoms with van der Waals surface area (Å²) in [5, 5.41) is 3.24. The Balaban J connectivity index is 2.31. The molecule has 1 atom stereocenters. The molecule has 0 unspecified atom stereocenters. The molecule has 2 aromatic rings. The predicted molar refractivity (Wildman–Crippen MR) is 98.0 cm³/mol. The van der Waals surface area contributed by atoms with Gasteiger partial charge in [0.1, 0.15) is 6.04 Å². The normalized spacial score (nSPS) is 12.5. The number of hydrogen-bond donors (Lipinski definition) is 1. The molecule has 0 aliphatic heterocycles. The van der Waals surface area contributed by atoms with E-state index < -0.39 is 22.0 Å². The zero-order chi connectivity index (χ0) is 17.9. The topological polar surface area (TPSA) is 66.5 Å². The molecule has 0 aliphatic carbocycles. The first-order valence-corrected chi connectivity index (χ1v) is 9.54. The molecule has 7 heteroatoms. The molecule has 5 nitrogen and oxygen atoms in total. The van der Waals surface area contributed by atoms with E-state index in [1.54, 1.807) is 55.5 Å². The molecule has 128 valence electrons. The number of anilines is 2. The van der Waals surface area contributed by atoms with Crippen LogP contribution in [0, 0.1) is 6.92 Å².